The number of benzene rings is 1. The quantitative estimate of drug-likeness (QED) is 0.415. The molecular formula is C23H37N3O3. The number of likely N-dealkylation sites (tertiary alicyclic amines) is 1. The largest absolute Gasteiger partial charge is 0.497 e. The maximum absolute atomic E-state index is 12.4. The van der Waals surface area contributed by atoms with E-state index in [1.54, 1.807) is 7.11 Å². The maximum Gasteiger partial charge on any atom is 0.321 e. The number of carbonyl (C=O) groups is 1. The lowest BCUT2D eigenvalue weighted by atomic mass is 10.1. The van der Waals surface area contributed by atoms with Gasteiger partial charge in [0.25, 0.3) is 0 Å². The summed E-state index contributed by atoms with van der Waals surface area (Å²) in [5.41, 5.74) is 0.782. The molecule has 0 unspecified atom stereocenters. The van der Waals surface area contributed by atoms with Crippen molar-refractivity contribution in [2.24, 2.45) is 0 Å². The Morgan fingerprint density at radius 3 is 2.55 bits per heavy atom. The van der Waals surface area contributed by atoms with Gasteiger partial charge in [-0.1, -0.05) is 18.9 Å². The van der Waals surface area contributed by atoms with E-state index in [1.807, 2.05) is 35.2 Å². The predicted octanol–water partition coefficient (Wildman–Crippen LogP) is 4.39. The molecule has 6 nitrogen and oxygen atoms in total. The fraction of sp³-hybridized carbons (Fsp3) is 0.609. The molecule has 1 heterocycles. The van der Waals surface area contributed by atoms with Gasteiger partial charge in [0.05, 0.1) is 13.2 Å². The number of carbonyl (C=O) groups excluding carboxylic acids is 1. The van der Waals surface area contributed by atoms with E-state index >= 15 is 0 Å². The number of unbranched alkanes of at least 4 members (excludes halogenated alkanes) is 3. The number of nitrogens with one attached hydrogen (secondary N) is 1. The van der Waals surface area contributed by atoms with Crippen molar-refractivity contribution in [3.8, 4) is 5.75 Å². The van der Waals surface area contributed by atoms with Crippen LogP contribution in [0, 0.1) is 0 Å². The molecule has 0 atom stereocenters. The predicted molar refractivity (Wildman–Crippen MR) is 119 cm³/mol. The van der Waals surface area contributed by atoms with E-state index < -0.39 is 0 Å². The molecule has 1 aromatic carbocycles. The number of nitrogens with zero attached hydrogens (tertiary/aromatic N) is 2. The molecule has 2 rings (SSSR count). The molecule has 0 aromatic heterocycles. The Labute approximate surface area is 175 Å². The lowest BCUT2D eigenvalue weighted by Crippen LogP contribution is -2.43. The van der Waals surface area contributed by atoms with Gasteiger partial charge in [-0.25, -0.2) is 4.79 Å². The van der Waals surface area contributed by atoms with Crippen LogP contribution >= 0.6 is 0 Å². The van der Waals surface area contributed by atoms with Crippen LogP contribution in [0.25, 0.3) is 0 Å². The first-order valence-corrected chi connectivity index (χ1v) is 10.7. The Bertz CT molecular complexity index is 598. The van der Waals surface area contributed by atoms with Crippen LogP contribution in [0.2, 0.25) is 0 Å². The molecule has 0 spiro atoms. The second-order valence-electron chi connectivity index (χ2n) is 7.68. The lowest BCUT2D eigenvalue weighted by Gasteiger charge is -2.32. The SMILES string of the molecule is C=CCN(C)CCCCCCOC1CCN(C(=O)Nc2ccc(OC)cc2)CC1. The van der Waals surface area contributed by atoms with Crippen molar-refractivity contribution in [1.29, 1.82) is 0 Å². The fourth-order valence-corrected chi connectivity index (χ4v) is 3.50. The molecule has 162 valence electrons. The zero-order valence-electron chi connectivity index (χ0n) is 18.1. The molecule has 0 bridgehead atoms. The summed E-state index contributed by atoms with van der Waals surface area (Å²) < 4.78 is 11.2. The zero-order valence-corrected chi connectivity index (χ0v) is 18.1. The molecule has 1 aliphatic rings. The van der Waals surface area contributed by atoms with Gasteiger partial charge in [-0.3, -0.25) is 0 Å². The van der Waals surface area contributed by atoms with Gasteiger partial charge >= 0.3 is 6.03 Å². The van der Waals surface area contributed by atoms with Gasteiger partial charge in [-0.05, 0) is 63.5 Å². The highest BCUT2D eigenvalue weighted by atomic mass is 16.5. The van der Waals surface area contributed by atoms with Gasteiger partial charge in [-0.15, -0.1) is 6.58 Å². The number of rotatable bonds is 12. The number of piperidine rings is 1. The third kappa shape index (κ3) is 8.88. The molecule has 1 saturated heterocycles. The number of anilines is 1. The number of hydrogen-bond donors (Lipinski definition) is 1. The average molecular weight is 404 g/mol. The van der Waals surface area contributed by atoms with Crippen molar-refractivity contribution in [3.63, 3.8) is 0 Å². The van der Waals surface area contributed by atoms with Crippen molar-refractivity contribution in [2.45, 2.75) is 44.6 Å². The molecule has 1 aliphatic heterocycles. The van der Waals surface area contributed by atoms with Gasteiger partial charge < -0.3 is 24.6 Å². The maximum atomic E-state index is 12.4. The van der Waals surface area contributed by atoms with Crippen LogP contribution < -0.4 is 10.1 Å². The summed E-state index contributed by atoms with van der Waals surface area (Å²) in [7, 11) is 3.76. The fourth-order valence-electron chi connectivity index (χ4n) is 3.50. The lowest BCUT2D eigenvalue weighted by molar-refractivity contribution is 0.0140. The Balaban J connectivity index is 1.53. The van der Waals surface area contributed by atoms with E-state index in [-0.39, 0.29) is 12.1 Å². The summed E-state index contributed by atoms with van der Waals surface area (Å²) >= 11 is 0. The Hall–Kier alpha value is -2.05. The van der Waals surface area contributed by atoms with E-state index in [9.17, 15) is 4.79 Å². The molecule has 0 saturated carbocycles. The first-order chi connectivity index (χ1) is 14.1. The second kappa shape index (κ2) is 13.2. The highest BCUT2D eigenvalue weighted by molar-refractivity contribution is 5.89. The van der Waals surface area contributed by atoms with Crippen molar-refractivity contribution in [2.75, 3.05) is 52.3 Å². The van der Waals surface area contributed by atoms with E-state index in [2.05, 4.69) is 23.8 Å². The van der Waals surface area contributed by atoms with Crippen molar-refractivity contribution in [3.05, 3.63) is 36.9 Å². The molecule has 1 N–H and O–H groups in total. The van der Waals surface area contributed by atoms with Crippen molar-refractivity contribution in [1.82, 2.24) is 9.80 Å². The van der Waals surface area contributed by atoms with Gasteiger partial charge in [0.1, 0.15) is 5.75 Å². The third-order valence-electron chi connectivity index (χ3n) is 5.30. The molecule has 29 heavy (non-hydrogen) atoms. The summed E-state index contributed by atoms with van der Waals surface area (Å²) in [6, 6.07) is 7.34. The summed E-state index contributed by atoms with van der Waals surface area (Å²) in [4.78, 5) is 16.6. The summed E-state index contributed by atoms with van der Waals surface area (Å²) in [5.74, 6) is 0.779. The number of hydrogen-bond acceptors (Lipinski definition) is 4. The third-order valence-corrected chi connectivity index (χ3v) is 5.30. The van der Waals surface area contributed by atoms with E-state index in [1.165, 1.54) is 19.3 Å². The average Bonchev–Trinajstić information content (AvgIpc) is 2.74. The number of methoxy groups -OCH3 is 1. The number of urea groups is 1. The first-order valence-electron chi connectivity index (χ1n) is 10.7. The molecule has 0 aliphatic carbocycles. The Morgan fingerprint density at radius 1 is 1.21 bits per heavy atom. The van der Waals surface area contributed by atoms with E-state index in [4.69, 9.17) is 9.47 Å². The standard InChI is InChI=1S/C23H37N3O3/c1-4-15-25(2)16-7-5-6-8-19-29-22-13-17-26(18-14-22)23(27)24-20-9-11-21(28-3)12-10-20/h4,9-12,22H,1,5-8,13-19H2,2-3H3,(H,24,27). The molecule has 0 radical (unpaired) electrons. The van der Waals surface area contributed by atoms with Crippen LogP contribution in [-0.2, 0) is 4.74 Å². The van der Waals surface area contributed by atoms with Crippen LogP contribution in [0.5, 0.6) is 5.75 Å². The topological polar surface area (TPSA) is 54.0 Å². The van der Waals surface area contributed by atoms with Crippen LogP contribution in [0.1, 0.15) is 38.5 Å². The molecule has 6 heteroatoms. The smallest absolute Gasteiger partial charge is 0.321 e. The van der Waals surface area contributed by atoms with E-state index in [0.29, 0.717) is 0 Å². The summed E-state index contributed by atoms with van der Waals surface area (Å²) in [6.07, 6.45) is 8.83. The van der Waals surface area contributed by atoms with Crippen LogP contribution in [0.3, 0.4) is 0 Å². The highest BCUT2D eigenvalue weighted by Crippen LogP contribution is 2.18. The minimum atomic E-state index is -0.0463. The summed E-state index contributed by atoms with van der Waals surface area (Å²) in [5, 5.41) is 2.95. The van der Waals surface area contributed by atoms with Crippen LogP contribution in [0.15, 0.2) is 36.9 Å². The number of amides is 2. The molecule has 1 aromatic rings. The molecule has 1 fully saturated rings. The first kappa shape index (κ1) is 23.2. The Morgan fingerprint density at radius 2 is 1.90 bits per heavy atom. The Kier molecular flexibility index (Phi) is 10.6. The minimum absolute atomic E-state index is 0.0463. The van der Waals surface area contributed by atoms with Gasteiger partial charge in [0.15, 0.2) is 0 Å². The number of ether oxygens (including phenoxy) is 2. The van der Waals surface area contributed by atoms with Gasteiger partial charge in [0.2, 0.25) is 0 Å². The normalized spacial score (nSPS) is 14.8. The molecule has 2 amide bonds. The minimum Gasteiger partial charge on any atom is -0.497 e. The molecular weight excluding hydrogens is 366 g/mol. The summed E-state index contributed by atoms with van der Waals surface area (Å²) in [6.45, 7) is 8.15. The van der Waals surface area contributed by atoms with E-state index in [0.717, 1.165) is 63.5 Å². The number of likely N-dealkylation sites (N-methyl/N-ethyl adjacent to an activating group) is 1. The highest BCUT2D eigenvalue weighted by Gasteiger charge is 2.23. The van der Waals surface area contributed by atoms with Gasteiger partial charge in [-0.2, -0.15) is 0 Å². The monoisotopic (exact) mass is 403 g/mol. The van der Waals surface area contributed by atoms with Gasteiger partial charge in [0, 0.05) is 31.9 Å². The van der Waals surface area contributed by atoms with Crippen molar-refractivity contribution < 1.29 is 14.3 Å². The second-order valence-corrected chi connectivity index (χ2v) is 7.68. The van der Waals surface area contributed by atoms with Crippen LogP contribution in [-0.4, -0.2) is 68.9 Å². The van der Waals surface area contributed by atoms with Crippen LogP contribution in [0.4, 0.5) is 10.5 Å². The van der Waals surface area contributed by atoms with Crippen molar-refractivity contribution >= 4 is 11.7 Å². The zero-order chi connectivity index (χ0) is 20.9.